The first kappa shape index (κ1) is 17.7. The van der Waals surface area contributed by atoms with Crippen LogP contribution in [0, 0.1) is 5.92 Å². The molecule has 1 aliphatic heterocycles. The molecule has 1 aromatic rings. The van der Waals surface area contributed by atoms with Crippen LogP contribution in [0.4, 0.5) is 0 Å². The smallest absolute Gasteiger partial charge is 0.251 e. The number of carbonyl (C=O) groups is 1. The first-order valence-electron chi connectivity index (χ1n) is 7.62. The number of rotatable bonds is 4. The molecule has 1 saturated heterocycles. The lowest BCUT2D eigenvalue weighted by atomic mass is 10.0. The van der Waals surface area contributed by atoms with Gasteiger partial charge in [-0.3, -0.25) is 9.59 Å². The molecule has 0 saturated carbocycles. The number of pyridine rings is 1. The number of amides is 1. The zero-order valence-corrected chi connectivity index (χ0v) is 14.5. The van der Waals surface area contributed by atoms with Gasteiger partial charge in [-0.25, -0.2) is 12.7 Å². The van der Waals surface area contributed by atoms with E-state index in [1.165, 1.54) is 32.4 Å². The third kappa shape index (κ3) is 4.00. The van der Waals surface area contributed by atoms with E-state index >= 15 is 0 Å². The first-order chi connectivity index (χ1) is 10.7. The van der Waals surface area contributed by atoms with Crippen LogP contribution in [0.15, 0.2) is 28.0 Å². The summed E-state index contributed by atoms with van der Waals surface area (Å²) in [5.41, 5.74) is -0.388. The molecule has 7 nitrogen and oxygen atoms in total. The number of hydrogen-bond donors (Lipinski definition) is 0. The highest BCUT2D eigenvalue weighted by Gasteiger charge is 2.22. The average molecular weight is 341 g/mol. The second kappa shape index (κ2) is 6.84. The van der Waals surface area contributed by atoms with E-state index in [-0.39, 0.29) is 22.9 Å². The van der Waals surface area contributed by atoms with Crippen LogP contribution >= 0.6 is 0 Å². The van der Waals surface area contributed by atoms with E-state index in [2.05, 4.69) is 6.92 Å². The highest BCUT2D eigenvalue weighted by Crippen LogP contribution is 2.16. The Hall–Kier alpha value is -1.67. The van der Waals surface area contributed by atoms with Gasteiger partial charge >= 0.3 is 0 Å². The van der Waals surface area contributed by atoms with E-state index in [1.807, 2.05) is 0 Å². The Bertz CT molecular complexity index is 739. The number of piperidine rings is 1. The molecule has 0 bridgehead atoms. The summed E-state index contributed by atoms with van der Waals surface area (Å²) in [6.07, 6.45) is 3.29. The molecule has 0 aliphatic carbocycles. The molecule has 1 amide bonds. The molecule has 1 aliphatic rings. The third-order valence-electron chi connectivity index (χ3n) is 4.05. The molecule has 8 heteroatoms. The normalized spacial score (nSPS) is 19.1. The van der Waals surface area contributed by atoms with Crippen molar-refractivity contribution in [1.82, 2.24) is 13.8 Å². The topological polar surface area (TPSA) is 79.7 Å². The fourth-order valence-corrected chi connectivity index (χ4v) is 3.58. The minimum atomic E-state index is -3.64. The van der Waals surface area contributed by atoms with Crippen molar-refractivity contribution >= 4 is 15.9 Å². The third-order valence-corrected chi connectivity index (χ3v) is 5.85. The molecule has 1 atom stereocenters. The number of hydrogen-bond acceptors (Lipinski definition) is 4. The van der Waals surface area contributed by atoms with Gasteiger partial charge < -0.3 is 9.47 Å². The second-order valence-corrected chi connectivity index (χ2v) is 8.36. The maximum absolute atomic E-state index is 12.4. The van der Waals surface area contributed by atoms with Gasteiger partial charge in [0.1, 0.15) is 6.54 Å². The van der Waals surface area contributed by atoms with E-state index in [9.17, 15) is 18.0 Å². The maximum Gasteiger partial charge on any atom is 0.251 e. The maximum atomic E-state index is 12.4. The van der Waals surface area contributed by atoms with Crippen molar-refractivity contribution < 1.29 is 13.2 Å². The van der Waals surface area contributed by atoms with Gasteiger partial charge in [-0.05, 0) is 24.8 Å². The van der Waals surface area contributed by atoms with E-state index in [1.54, 1.807) is 4.90 Å². The van der Waals surface area contributed by atoms with Gasteiger partial charge in [-0.15, -0.1) is 0 Å². The van der Waals surface area contributed by atoms with Crippen LogP contribution in [0.2, 0.25) is 0 Å². The standard InChI is InChI=1S/C15H23N3O4S/c1-12-5-4-8-17(9-12)15(20)11-18-10-13(6-7-14(18)19)23(21,22)16(2)3/h6-7,10,12H,4-5,8-9,11H2,1-3H3/t12-/m1/s1. The average Bonchev–Trinajstić information content (AvgIpc) is 2.49. The molecule has 0 N–H and O–H groups in total. The van der Waals surface area contributed by atoms with Crippen LogP contribution in [-0.2, 0) is 21.4 Å². The van der Waals surface area contributed by atoms with Crippen LogP contribution in [0.3, 0.4) is 0 Å². The molecule has 1 aromatic heterocycles. The molecule has 0 spiro atoms. The van der Waals surface area contributed by atoms with E-state index in [0.717, 1.165) is 21.7 Å². The van der Waals surface area contributed by atoms with Gasteiger partial charge in [-0.1, -0.05) is 6.92 Å². The number of carbonyl (C=O) groups excluding carboxylic acids is 1. The largest absolute Gasteiger partial charge is 0.341 e. The first-order valence-corrected chi connectivity index (χ1v) is 9.06. The molecule has 128 valence electrons. The summed E-state index contributed by atoms with van der Waals surface area (Å²) in [4.78, 5) is 26.0. The second-order valence-electron chi connectivity index (χ2n) is 6.21. The molecular formula is C15H23N3O4S. The Morgan fingerprint density at radius 3 is 2.65 bits per heavy atom. The fourth-order valence-electron chi connectivity index (χ4n) is 2.66. The Balaban J connectivity index is 2.23. The molecule has 2 heterocycles. The van der Waals surface area contributed by atoms with E-state index < -0.39 is 10.0 Å². The van der Waals surface area contributed by atoms with Crippen LogP contribution < -0.4 is 5.56 Å². The van der Waals surface area contributed by atoms with Gasteiger partial charge in [0, 0.05) is 39.4 Å². The van der Waals surface area contributed by atoms with Crippen LogP contribution in [-0.4, -0.2) is 55.3 Å². The van der Waals surface area contributed by atoms with Crippen molar-refractivity contribution in [2.24, 2.45) is 5.92 Å². The SMILES string of the molecule is C[C@@H]1CCCN(C(=O)Cn2cc(S(=O)(=O)N(C)C)ccc2=O)C1. The number of likely N-dealkylation sites (tertiary alicyclic amines) is 1. The molecule has 0 unspecified atom stereocenters. The summed E-state index contributed by atoms with van der Waals surface area (Å²) in [5, 5.41) is 0. The lowest BCUT2D eigenvalue weighted by Crippen LogP contribution is -2.42. The summed E-state index contributed by atoms with van der Waals surface area (Å²) in [6, 6.07) is 2.45. The summed E-state index contributed by atoms with van der Waals surface area (Å²) in [5.74, 6) is 0.294. The Morgan fingerprint density at radius 2 is 2.04 bits per heavy atom. The minimum absolute atomic E-state index is 0.00177. The summed E-state index contributed by atoms with van der Waals surface area (Å²) < 4.78 is 26.5. The van der Waals surface area contributed by atoms with Gasteiger partial charge in [0.25, 0.3) is 5.56 Å². The van der Waals surface area contributed by atoms with Crippen LogP contribution in [0.1, 0.15) is 19.8 Å². The van der Waals surface area contributed by atoms with Crippen molar-refractivity contribution in [3.8, 4) is 0 Å². The van der Waals surface area contributed by atoms with Crippen LogP contribution in [0.5, 0.6) is 0 Å². The van der Waals surface area contributed by atoms with Crippen LogP contribution in [0.25, 0.3) is 0 Å². The van der Waals surface area contributed by atoms with Gasteiger partial charge in [0.2, 0.25) is 15.9 Å². The van der Waals surface area contributed by atoms with Crippen molar-refractivity contribution in [3.05, 3.63) is 28.7 Å². The van der Waals surface area contributed by atoms with E-state index in [0.29, 0.717) is 19.0 Å². The molecule has 0 radical (unpaired) electrons. The Morgan fingerprint density at radius 1 is 1.35 bits per heavy atom. The lowest BCUT2D eigenvalue weighted by molar-refractivity contribution is -0.133. The number of aromatic nitrogens is 1. The summed E-state index contributed by atoms with van der Waals surface area (Å²) in [6.45, 7) is 3.33. The zero-order chi connectivity index (χ0) is 17.2. The number of sulfonamides is 1. The molecule has 0 aromatic carbocycles. The van der Waals surface area contributed by atoms with Crippen molar-refractivity contribution in [1.29, 1.82) is 0 Å². The van der Waals surface area contributed by atoms with E-state index in [4.69, 9.17) is 0 Å². The lowest BCUT2D eigenvalue weighted by Gasteiger charge is -2.31. The Labute approximate surface area is 136 Å². The zero-order valence-electron chi connectivity index (χ0n) is 13.7. The fraction of sp³-hybridized carbons (Fsp3) is 0.600. The molecule has 23 heavy (non-hydrogen) atoms. The van der Waals surface area contributed by atoms with Crippen molar-refractivity contribution in [2.45, 2.75) is 31.2 Å². The van der Waals surface area contributed by atoms with Gasteiger partial charge in [-0.2, -0.15) is 0 Å². The minimum Gasteiger partial charge on any atom is -0.341 e. The summed E-state index contributed by atoms with van der Waals surface area (Å²) >= 11 is 0. The van der Waals surface area contributed by atoms with Gasteiger partial charge in [0.05, 0.1) is 4.90 Å². The predicted octanol–water partition coefficient (Wildman–Crippen LogP) is 0.357. The highest BCUT2D eigenvalue weighted by atomic mass is 32.2. The summed E-state index contributed by atoms with van der Waals surface area (Å²) in [7, 11) is -0.794. The highest BCUT2D eigenvalue weighted by molar-refractivity contribution is 7.89. The molecule has 1 fully saturated rings. The van der Waals surface area contributed by atoms with Crippen molar-refractivity contribution in [2.75, 3.05) is 27.2 Å². The number of nitrogens with zero attached hydrogens (tertiary/aromatic N) is 3. The quantitative estimate of drug-likeness (QED) is 0.792. The Kier molecular flexibility index (Phi) is 5.26. The monoisotopic (exact) mass is 341 g/mol. The van der Waals surface area contributed by atoms with Crippen molar-refractivity contribution in [3.63, 3.8) is 0 Å². The van der Waals surface area contributed by atoms with Gasteiger partial charge in [0.15, 0.2) is 0 Å². The predicted molar refractivity (Wildman–Crippen MR) is 86.6 cm³/mol. The molecular weight excluding hydrogens is 318 g/mol. The molecule has 2 rings (SSSR count).